The van der Waals surface area contributed by atoms with E-state index in [1.54, 1.807) is 0 Å². The maximum atomic E-state index is 4.34. The molecule has 1 nitrogen and oxygen atoms in total. The Morgan fingerprint density at radius 1 is 1.29 bits per heavy atom. The summed E-state index contributed by atoms with van der Waals surface area (Å²) in [7, 11) is 0. The van der Waals surface area contributed by atoms with Crippen molar-refractivity contribution >= 4 is 17.5 Å². The van der Waals surface area contributed by atoms with E-state index in [2.05, 4.69) is 37.6 Å². The van der Waals surface area contributed by atoms with Gasteiger partial charge >= 0.3 is 0 Å². The van der Waals surface area contributed by atoms with Gasteiger partial charge in [-0.15, -0.1) is 0 Å². The molecular weight excluding hydrogens is 170 g/mol. The Balaban J connectivity index is 3.38. The van der Waals surface area contributed by atoms with E-state index in [-0.39, 0.29) is 0 Å². The van der Waals surface area contributed by atoms with Gasteiger partial charge in [-0.25, -0.2) is 0 Å². The Bertz CT molecular complexity index is 386. The van der Waals surface area contributed by atoms with Crippen LogP contribution in [-0.2, 0) is 0 Å². The van der Waals surface area contributed by atoms with E-state index >= 15 is 0 Å². The lowest BCUT2D eigenvalue weighted by Gasteiger charge is -2.08. The minimum atomic E-state index is 1.02. The standard InChI is InChI=1S/C13H17N/c1-6-14-13-8-11(5)10(4)7-12(13)9(2)3/h6-8H,2H2,1,3-5H3/b14-6-. The summed E-state index contributed by atoms with van der Waals surface area (Å²) >= 11 is 0. The molecule has 0 unspecified atom stereocenters. The zero-order valence-corrected chi connectivity index (χ0v) is 9.39. The Morgan fingerprint density at radius 3 is 2.36 bits per heavy atom. The van der Waals surface area contributed by atoms with Crippen LogP contribution in [0.15, 0.2) is 23.7 Å². The summed E-state index contributed by atoms with van der Waals surface area (Å²) in [6.07, 6.45) is 1.82. The van der Waals surface area contributed by atoms with Gasteiger partial charge in [-0.1, -0.05) is 6.58 Å². The quantitative estimate of drug-likeness (QED) is 0.619. The molecule has 0 aliphatic carbocycles. The van der Waals surface area contributed by atoms with Crippen molar-refractivity contribution in [3.63, 3.8) is 0 Å². The van der Waals surface area contributed by atoms with Gasteiger partial charge in [0.25, 0.3) is 0 Å². The van der Waals surface area contributed by atoms with E-state index in [0.29, 0.717) is 0 Å². The molecule has 0 amide bonds. The maximum Gasteiger partial charge on any atom is 0.0703 e. The number of nitrogens with zero attached hydrogens (tertiary/aromatic N) is 1. The summed E-state index contributed by atoms with van der Waals surface area (Å²) in [5.41, 5.74) is 5.79. The summed E-state index contributed by atoms with van der Waals surface area (Å²) in [6, 6.07) is 4.26. The van der Waals surface area contributed by atoms with E-state index in [9.17, 15) is 0 Å². The summed E-state index contributed by atoms with van der Waals surface area (Å²) in [4.78, 5) is 4.34. The fourth-order valence-electron chi connectivity index (χ4n) is 1.39. The Hall–Kier alpha value is -1.37. The predicted octanol–water partition coefficient (Wildman–Crippen LogP) is 4.06. The van der Waals surface area contributed by atoms with Gasteiger partial charge in [-0.2, -0.15) is 0 Å². The first-order valence-corrected chi connectivity index (χ1v) is 4.82. The summed E-state index contributed by atoms with van der Waals surface area (Å²) in [5.74, 6) is 0. The SMILES string of the molecule is C=C(C)c1cc(C)c(C)cc1/N=C\C. The van der Waals surface area contributed by atoms with E-state index in [4.69, 9.17) is 0 Å². The molecule has 1 aromatic carbocycles. The van der Waals surface area contributed by atoms with Gasteiger partial charge in [0.2, 0.25) is 0 Å². The lowest BCUT2D eigenvalue weighted by Crippen LogP contribution is -1.86. The molecule has 0 bridgehead atoms. The topological polar surface area (TPSA) is 12.4 Å². The van der Waals surface area contributed by atoms with E-state index in [1.165, 1.54) is 11.1 Å². The van der Waals surface area contributed by atoms with Crippen LogP contribution in [0.1, 0.15) is 30.5 Å². The van der Waals surface area contributed by atoms with Crippen LogP contribution in [0.2, 0.25) is 0 Å². The normalized spacial score (nSPS) is 10.9. The van der Waals surface area contributed by atoms with Crippen molar-refractivity contribution in [2.45, 2.75) is 27.7 Å². The highest BCUT2D eigenvalue weighted by molar-refractivity contribution is 5.76. The van der Waals surface area contributed by atoms with Crippen molar-refractivity contribution in [1.29, 1.82) is 0 Å². The molecule has 0 N–H and O–H groups in total. The molecule has 0 spiro atoms. The zero-order valence-electron chi connectivity index (χ0n) is 9.39. The first kappa shape index (κ1) is 10.7. The predicted molar refractivity (Wildman–Crippen MR) is 64.5 cm³/mol. The molecule has 0 saturated heterocycles. The molecule has 0 saturated carbocycles. The highest BCUT2D eigenvalue weighted by Crippen LogP contribution is 2.28. The molecule has 0 aromatic heterocycles. The molecule has 1 rings (SSSR count). The minimum Gasteiger partial charge on any atom is -0.261 e. The van der Waals surface area contributed by atoms with Crippen LogP contribution in [0.5, 0.6) is 0 Å². The van der Waals surface area contributed by atoms with Crippen molar-refractivity contribution in [3.05, 3.63) is 35.4 Å². The molecule has 0 heterocycles. The van der Waals surface area contributed by atoms with E-state index in [0.717, 1.165) is 16.8 Å². The number of hydrogen-bond acceptors (Lipinski definition) is 1. The van der Waals surface area contributed by atoms with Gasteiger partial charge in [0.1, 0.15) is 0 Å². The van der Waals surface area contributed by atoms with Crippen molar-refractivity contribution in [1.82, 2.24) is 0 Å². The molecule has 0 radical (unpaired) electrons. The van der Waals surface area contributed by atoms with Crippen molar-refractivity contribution in [3.8, 4) is 0 Å². The van der Waals surface area contributed by atoms with Gasteiger partial charge in [-0.05, 0) is 56.5 Å². The lowest BCUT2D eigenvalue weighted by atomic mass is 10.0. The number of rotatable bonds is 2. The van der Waals surface area contributed by atoms with Crippen LogP contribution in [0.25, 0.3) is 5.57 Å². The third-order valence-corrected chi connectivity index (χ3v) is 2.34. The molecule has 0 fully saturated rings. The second kappa shape index (κ2) is 4.23. The monoisotopic (exact) mass is 187 g/mol. The van der Waals surface area contributed by atoms with Crippen molar-refractivity contribution in [2.24, 2.45) is 4.99 Å². The third kappa shape index (κ3) is 2.11. The molecule has 74 valence electrons. The highest BCUT2D eigenvalue weighted by Gasteiger charge is 2.04. The second-order valence-electron chi connectivity index (χ2n) is 3.62. The minimum absolute atomic E-state index is 1.02. The van der Waals surface area contributed by atoms with Gasteiger partial charge in [0.15, 0.2) is 0 Å². The molecule has 0 aliphatic heterocycles. The van der Waals surface area contributed by atoms with Gasteiger partial charge in [-0.3, -0.25) is 4.99 Å². The summed E-state index contributed by atoms with van der Waals surface area (Å²) < 4.78 is 0. The smallest absolute Gasteiger partial charge is 0.0703 e. The van der Waals surface area contributed by atoms with E-state index < -0.39 is 0 Å². The average molecular weight is 187 g/mol. The number of benzene rings is 1. The molecule has 1 aromatic rings. The van der Waals surface area contributed by atoms with Crippen molar-refractivity contribution in [2.75, 3.05) is 0 Å². The van der Waals surface area contributed by atoms with Crippen LogP contribution in [-0.4, -0.2) is 6.21 Å². The van der Waals surface area contributed by atoms with Crippen LogP contribution in [0, 0.1) is 13.8 Å². The van der Waals surface area contributed by atoms with E-state index in [1.807, 2.05) is 20.1 Å². The second-order valence-corrected chi connectivity index (χ2v) is 3.62. The van der Waals surface area contributed by atoms with Crippen LogP contribution >= 0.6 is 0 Å². The van der Waals surface area contributed by atoms with Crippen LogP contribution in [0.3, 0.4) is 0 Å². The van der Waals surface area contributed by atoms with Gasteiger partial charge in [0.05, 0.1) is 5.69 Å². The highest BCUT2D eigenvalue weighted by atomic mass is 14.7. The molecular formula is C13H17N. The number of allylic oxidation sites excluding steroid dienone is 1. The third-order valence-electron chi connectivity index (χ3n) is 2.34. The Labute approximate surface area is 86.2 Å². The van der Waals surface area contributed by atoms with Crippen LogP contribution in [0.4, 0.5) is 5.69 Å². The van der Waals surface area contributed by atoms with Crippen molar-refractivity contribution < 1.29 is 0 Å². The van der Waals surface area contributed by atoms with Crippen LogP contribution < -0.4 is 0 Å². The number of hydrogen-bond donors (Lipinski definition) is 0. The van der Waals surface area contributed by atoms with Gasteiger partial charge < -0.3 is 0 Å². The largest absolute Gasteiger partial charge is 0.261 e. The first-order valence-electron chi connectivity index (χ1n) is 4.82. The zero-order chi connectivity index (χ0) is 10.7. The molecule has 0 aliphatic rings. The average Bonchev–Trinajstić information content (AvgIpc) is 2.11. The fraction of sp³-hybridized carbons (Fsp3) is 0.308. The number of aliphatic imine (C=N–C) groups is 1. The first-order chi connectivity index (χ1) is 6.56. The molecule has 0 atom stereocenters. The summed E-state index contributed by atoms with van der Waals surface area (Å²) in [5, 5.41) is 0. The number of aryl methyl sites for hydroxylation is 2. The maximum absolute atomic E-state index is 4.34. The van der Waals surface area contributed by atoms with Gasteiger partial charge in [0, 0.05) is 11.8 Å². The Morgan fingerprint density at radius 2 is 1.86 bits per heavy atom. The summed E-state index contributed by atoms with van der Waals surface area (Å²) in [6.45, 7) is 12.1. The lowest BCUT2D eigenvalue weighted by molar-refractivity contribution is 1.31. The Kier molecular flexibility index (Phi) is 3.23. The fourth-order valence-corrected chi connectivity index (χ4v) is 1.39. The molecule has 14 heavy (non-hydrogen) atoms. The molecule has 1 heteroatoms.